The van der Waals surface area contributed by atoms with Gasteiger partial charge in [-0.25, -0.2) is 13.2 Å². The summed E-state index contributed by atoms with van der Waals surface area (Å²) in [6.07, 6.45) is 1.75. The van der Waals surface area contributed by atoms with E-state index in [1.807, 2.05) is 0 Å². The van der Waals surface area contributed by atoms with Crippen LogP contribution >= 0.6 is 23.2 Å². The van der Waals surface area contributed by atoms with Crippen LogP contribution in [0.2, 0.25) is 10.0 Å². The Morgan fingerprint density at radius 2 is 1.52 bits per heavy atom. The van der Waals surface area contributed by atoms with Crippen LogP contribution in [0.1, 0.15) is 23.2 Å². The third kappa shape index (κ3) is 3.70. The Hall–Kier alpha value is -1.92. The lowest BCUT2D eigenvalue weighted by Gasteiger charge is -2.20. The Morgan fingerprint density at radius 3 is 2.12 bits per heavy atom. The van der Waals surface area contributed by atoms with Gasteiger partial charge in [0.2, 0.25) is 0 Å². The van der Waals surface area contributed by atoms with Crippen molar-refractivity contribution in [1.29, 1.82) is 0 Å². The number of nitrogens with one attached hydrogen (secondary N) is 1. The molecular formula is C17H13Cl2F3N2O. The third-order valence-electron chi connectivity index (χ3n) is 3.95. The summed E-state index contributed by atoms with van der Waals surface area (Å²) in [5.74, 6) is -3.16. The number of hydrogen-bond donors (Lipinski definition) is 1. The molecule has 0 bridgehead atoms. The van der Waals surface area contributed by atoms with Crippen molar-refractivity contribution in [3.05, 3.63) is 57.3 Å². The minimum atomic E-state index is -0.821. The summed E-state index contributed by atoms with van der Waals surface area (Å²) in [5, 5.41) is 2.01. The number of carbonyl (C=O) groups is 1. The topological polar surface area (TPSA) is 32.3 Å². The summed E-state index contributed by atoms with van der Waals surface area (Å²) >= 11 is 11.4. The van der Waals surface area contributed by atoms with Crippen LogP contribution in [0.5, 0.6) is 0 Å². The zero-order valence-corrected chi connectivity index (χ0v) is 14.4. The fraction of sp³-hybridized carbons (Fsp3) is 0.235. The normalized spacial score (nSPS) is 14.0. The van der Waals surface area contributed by atoms with E-state index in [0.29, 0.717) is 13.1 Å². The highest BCUT2D eigenvalue weighted by atomic mass is 35.5. The molecule has 0 unspecified atom stereocenters. The zero-order valence-electron chi connectivity index (χ0n) is 12.9. The summed E-state index contributed by atoms with van der Waals surface area (Å²) in [7, 11) is 0. The predicted octanol–water partition coefficient (Wildman–Crippen LogP) is 5.26. The Labute approximate surface area is 152 Å². The van der Waals surface area contributed by atoms with Crippen LogP contribution in [0.4, 0.5) is 24.5 Å². The van der Waals surface area contributed by atoms with Crippen molar-refractivity contribution in [2.24, 2.45) is 0 Å². The predicted molar refractivity (Wildman–Crippen MR) is 92.2 cm³/mol. The summed E-state index contributed by atoms with van der Waals surface area (Å²) in [6.45, 7) is 1.17. The van der Waals surface area contributed by atoms with E-state index < -0.39 is 23.4 Å². The summed E-state index contributed by atoms with van der Waals surface area (Å²) in [5.41, 5.74) is -0.381. The van der Waals surface area contributed by atoms with E-state index in [2.05, 4.69) is 5.32 Å². The van der Waals surface area contributed by atoms with Crippen LogP contribution in [0.15, 0.2) is 24.3 Å². The number of benzene rings is 2. The van der Waals surface area contributed by atoms with Crippen molar-refractivity contribution in [1.82, 2.24) is 0 Å². The van der Waals surface area contributed by atoms with Crippen LogP contribution in [0, 0.1) is 17.5 Å². The molecule has 1 fully saturated rings. The summed E-state index contributed by atoms with van der Waals surface area (Å²) in [6, 6.07) is 4.00. The van der Waals surface area contributed by atoms with Crippen molar-refractivity contribution in [3.63, 3.8) is 0 Å². The molecule has 25 heavy (non-hydrogen) atoms. The van der Waals surface area contributed by atoms with Crippen molar-refractivity contribution >= 4 is 40.5 Å². The van der Waals surface area contributed by atoms with Crippen molar-refractivity contribution in [3.8, 4) is 0 Å². The molecule has 1 N–H and O–H groups in total. The van der Waals surface area contributed by atoms with E-state index in [4.69, 9.17) is 23.2 Å². The van der Waals surface area contributed by atoms with Crippen LogP contribution in [0.3, 0.4) is 0 Å². The highest BCUT2D eigenvalue weighted by Gasteiger charge is 2.22. The maximum absolute atomic E-state index is 14.3. The number of hydrogen-bond acceptors (Lipinski definition) is 2. The average molecular weight is 389 g/mol. The Balaban J connectivity index is 1.86. The highest BCUT2D eigenvalue weighted by Crippen LogP contribution is 2.30. The van der Waals surface area contributed by atoms with Gasteiger partial charge in [-0.3, -0.25) is 4.79 Å². The molecule has 132 valence electrons. The standard InChI is InChI=1S/C17H13Cl2F3N2O/c18-11-8-12(19)13(20)7-10(11)17(25)23-9-5-14(21)16(15(22)6-9)24-3-1-2-4-24/h5-8H,1-4H2,(H,23,25). The molecule has 2 aromatic rings. The number of halogens is 5. The lowest BCUT2D eigenvalue weighted by atomic mass is 10.2. The van der Waals surface area contributed by atoms with Gasteiger partial charge >= 0.3 is 0 Å². The number of anilines is 2. The van der Waals surface area contributed by atoms with Gasteiger partial charge in [0, 0.05) is 18.8 Å². The molecule has 3 rings (SSSR count). The molecule has 0 saturated carbocycles. The zero-order chi connectivity index (χ0) is 18.1. The summed E-state index contributed by atoms with van der Waals surface area (Å²) in [4.78, 5) is 13.8. The van der Waals surface area contributed by atoms with Gasteiger partial charge in [-0.2, -0.15) is 0 Å². The first-order valence-electron chi connectivity index (χ1n) is 7.56. The Morgan fingerprint density at radius 1 is 0.920 bits per heavy atom. The largest absolute Gasteiger partial charge is 0.367 e. The van der Waals surface area contributed by atoms with Crippen molar-refractivity contribution in [2.45, 2.75) is 12.8 Å². The van der Waals surface area contributed by atoms with E-state index >= 15 is 0 Å². The SMILES string of the molecule is O=C(Nc1cc(F)c(N2CCCC2)c(F)c1)c1cc(F)c(Cl)cc1Cl. The van der Waals surface area contributed by atoms with Crippen molar-refractivity contribution in [2.75, 3.05) is 23.3 Å². The molecule has 1 aliphatic rings. The first-order valence-corrected chi connectivity index (χ1v) is 8.32. The second-order valence-electron chi connectivity index (χ2n) is 5.68. The second-order valence-corrected chi connectivity index (χ2v) is 6.50. The van der Waals surface area contributed by atoms with Gasteiger partial charge < -0.3 is 10.2 Å². The minimum Gasteiger partial charge on any atom is -0.367 e. The Bertz CT molecular complexity index is 816. The minimum absolute atomic E-state index is 0.0708. The fourth-order valence-corrected chi connectivity index (χ4v) is 3.24. The van der Waals surface area contributed by atoms with Crippen LogP contribution < -0.4 is 10.2 Å². The fourth-order valence-electron chi connectivity index (χ4n) is 2.78. The molecule has 8 heteroatoms. The molecule has 0 aromatic heterocycles. The second kappa shape index (κ2) is 7.14. The van der Waals surface area contributed by atoms with E-state index in [-0.39, 0.29) is 27.0 Å². The van der Waals surface area contributed by atoms with Gasteiger partial charge in [0.15, 0.2) is 11.6 Å². The molecule has 0 radical (unpaired) electrons. The third-order valence-corrected chi connectivity index (χ3v) is 4.55. The lowest BCUT2D eigenvalue weighted by molar-refractivity contribution is 0.102. The van der Waals surface area contributed by atoms with E-state index in [1.165, 1.54) is 0 Å². The highest BCUT2D eigenvalue weighted by molar-refractivity contribution is 6.37. The molecule has 1 aliphatic heterocycles. The van der Waals surface area contributed by atoms with Gasteiger partial charge in [-0.05, 0) is 37.1 Å². The Kier molecular flexibility index (Phi) is 5.11. The number of carbonyl (C=O) groups excluding carboxylic acids is 1. The molecule has 1 amide bonds. The van der Waals surface area contributed by atoms with E-state index in [9.17, 15) is 18.0 Å². The lowest BCUT2D eigenvalue weighted by Crippen LogP contribution is -2.21. The van der Waals surface area contributed by atoms with Gasteiger partial charge in [0.05, 0.1) is 15.6 Å². The monoisotopic (exact) mass is 388 g/mol. The molecule has 1 heterocycles. The van der Waals surface area contributed by atoms with Crippen LogP contribution in [-0.4, -0.2) is 19.0 Å². The number of nitrogens with zero attached hydrogens (tertiary/aromatic N) is 1. The first-order chi connectivity index (χ1) is 11.9. The van der Waals surface area contributed by atoms with Gasteiger partial charge in [-0.1, -0.05) is 23.2 Å². The molecule has 3 nitrogen and oxygen atoms in total. The number of rotatable bonds is 3. The molecule has 0 atom stereocenters. The van der Waals surface area contributed by atoms with Crippen molar-refractivity contribution < 1.29 is 18.0 Å². The van der Waals surface area contributed by atoms with Gasteiger partial charge in [0.25, 0.3) is 5.91 Å². The maximum atomic E-state index is 14.3. The molecular weight excluding hydrogens is 376 g/mol. The number of amides is 1. The molecule has 1 saturated heterocycles. The maximum Gasteiger partial charge on any atom is 0.257 e. The first kappa shape index (κ1) is 17.9. The average Bonchev–Trinajstić information content (AvgIpc) is 3.04. The van der Waals surface area contributed by atoms with Gasteiger partial charge in [-0.15, -0.1) is 0 Å². The summed E-state index contributed by atoms with van der Waals surface area (Å²) < 4.78 is 42.1. The molecule has 2 aromatic carbocycles. The van der Waals surface area contributed by atoms with E-state index in [0.717, 1.165) is 37.1 Å². The molecule has 0 aliphatic carbocycles. The van der Waals surface area contributed by atoms with Crippen LogP contribution in [0.25, 0.3) is 0 Å². The molecule has 0 spiro atoms. The van der Waals surface area contributed by atoms with E-state index in [1.54, 1.807) is 4.90 Å². The van der Waals surface area contributed by atoms with Gasteiger partial charge in [0.1, 0.15) is 11.5 Å². The van der Waals surface area contributed by atoms with Crippen LogP contribution in [-0.2, 0) is 0 Å². The quantitative estimate of drug-likeness (QED) is 0.726. The smallest absolute Gasteiger partial charge is 0.257 e.